The number of hydrogen-bond donors (Lipinski definition) is 0. The molecular weight excluding hydrogens is 314 g/mol. The number of hydrogen-bond acceptors (Lipinski definition) is 5. The van der Waals surface area contributed by atoms with E-state index in [9.17, 15) is 0 Å². The van der Waals surface area contributed by atoms with E-state index in [1.54, 1.807) is 0 Å². The summed E-state index contributed by atoms with van der Waals surface area (Å²) in [6, 6.07) is 5.70. The van der Waals surface area contributed by atoms with Crippen LogP contribution < -0.4 is 4.90 Å². The second kappa shape index (κ2) is 5.62. The van der Waals surface area contributed by atoms with Gasteiger partial charge in [-0.2, -0.15) is 0 Å². The largest absolute Gasteiger partial charge is 0.378 e. The summed E-state index contributed by atoms with van der Waals surface area (Å²) < 4.78 is 7.54. The molecule has 1 aliphatic rings. The lowest BCUT2D eigenvalue weighted by Gasteiger charge is -2.28. The molecule has 2 aromatic heterocycles. The maximum Gasteiger partial charge on any atom is 0.213 e. The fraction of sp³-hybridized carbons (Fsp3) is 0.438. The minimum Gasteiger partial charge on any atom is -0.378 e. The number of benzene rings is 1. The molecule has 0 atom stereocenters. The average Bonchev–Trinajstić information content (AvgIpc) is 3.00. The highest BCUT2D eigenvalue weighted by molar-refractivity contribution is 6.31. The van der Waals surface area contributed by atoms with Gasteiger partial charge in [0.2, 0.25) is 5.95 Å². The fourth-order valence-electron chi connectivity index (χ4n) is 2.96. The van der Waals surface area contributed by atoms with Gasteiger partial charge in [0.1, 0.15) is 5.82 Å². The van der Waals surface area contributed by atoms with E-state index in [-0.39, 0.29) is 5.92 Å². The van der Waals surface area contributed by atoms with Crippen molar-refractivity contribution >= 4 is 34.1 Å². The maximum atomic E-state index is 6.15. The highest BCUT2D eigenvalue weighted by Gasteiger charge is 2.22. The van der Waals surface area contributed by atoms with Gasteiger partial charge in [0.05, 0.1) is 18.7 Å². The Balaban J connectivity index is 2.04. The van der Waals surface area contributed by atoms with Gasteiger partial charge in [0, 0.05) is 29.4 Å². The van der Waals surface area contributed by atoms with Crippen LogP contribution in [0, 0.1) is 0 Å². The molecule has 0 spiro atoms. The van der Waals surface area contributed by atoms with Crippen LogP contribution in [0.4, 0.5) is 5.95 Å². The van der Waals surface area contributed by atoms with Crippen LogP contribution in [0.2, 0.25) is 5.02 Å². The van der Waals surface area contributed by atoms with Gasteiger partial charge in [-0.3, -0.25) is 0 Å². The lowest BCUT2D eigenvalue weighted by Crippen LogP contribution is -2.38. The van der Waals surface area contributed by atoms with E-state index in [4.69, 9.17) is 21.3 Å². The van der Waals surface area contributed by atoms with Crippen molar-refractivity contribution in [3.05, 3.63) is 29.0 Å². The lowest BCUT2D eigenvalue weighted by molar-refractivity contribution is 0.122. The molecule has 0 N–H and O–H groups in total. The van der Waals surface area contributed by atoms with Gasteiger partial charge in [-0.25, -0.2) is 9.38 Å². The monoisotopic (exact) mass is 331 g/mol. The Morgan fingerprint density at radius 3 is 2.70 bits per heavy atom. The molecule has 3 aromatic rings. The van der Waals surface area contributed by atoms with E-state index in [1.807, 2.05) is 18.2 Å². The first-order chi connectivity index (χ1) is 11.1. The van der Waals surface area contributed by atoms with Gasteiger partial charge >= 0.3 is 0 Å². The Morgan fingerprint density at radius 1 is 1.17 bits per heavy atom. The zero-order chi connectivity index (χ0) is 16.0. The van der Waals surface area contributed by atoms with Crippen LogP contribution in [0.25, 0.3) is 16.6 Å². The summed E-state index contributed by atoms with van der Waals surface area (Å²) in [6.45, 7) is 7.26. The minimum atomic E-state index is 0.261. The first-order valence-corrected chi connectivity index (χ1v) is 8.20. The molecule has 1 aliphatic heterocycles. The number of rotatable bonds is 2. The van der Waals surface area contributed by atoms with Crippen molar-refractivity contribution < 1.29 is 4.74 Å². The van der Waals surface area contributed by atoms with Crippen molar-refractivity contribution in [2.75, 3.05) is 31.2 Å². The molecule has 7 heteroatoms. The van der Waals surface area contributed by atoms with E-state index in [0.29, 0.717) is 18.2 Å². The zero-order valence-corrected chi connectivity index (χ0v) is 13.9. The highest BCUT2D eigenvalue weighted by atomic mass is 35.5. The first kappa shape index (κ1) is 14.7. The third kappa shape index (κ3) is 2.42. The third-order valence-corrected chi connectivity index (χ3v) is 4.35. The number of nitrogens with zero attached hydrogens (tertiary/aromatic N) is 5. The Morgan fingerprint density at radius 2 is 1.96 bits per heavy atom. The molecule has 4 rings (SSSR count). The Kier molecular flexibility index (Phi) is 3.58. The second-order valence-corrected chi connectivity index (χ2v) is 6.48. The summed E-state index contributed by atoms with van der Waals surface area (Å²) in [4.78, 5) is 7.10. The number of halogens is 1. The maximum absolute atomic E-state index is 6.15. The number of ether oxygens (including phenoxy) is 1. The lowest BCUT2D eigenvalue weighted by atomic mass is 10.2. The normalized spacial score (nSPS) is 15.9. The van der Waals surface area contributed by atoms with Crippen molar-refractivity contribution in [3.63, 3.8) is 0 Å². The molecule has 120 valence electrons. The quantitative estimate of drug-likeness (QED) is 0.722. The van der Waals surface area contributed by atoms with Crippen LogP contribution in [-0.2, 0) is 4.74 Å². The van der Waals surface area contributed by atoms with E-state index >= 15 is 0 Å². The molecule has 6 nitrogen and oxygen atoms in total. The van der Waals surface area contributed by atoms with Crippen molar-refractivity contribution in [2.24, 2.45) is 0 Å². The molecule has 0 amide bonds. The molecule has 0 bridgehead atoms. The molecule has 0 radical (unpaired) electrons. The SMILES string of the molecule is CC(C)c1nnc2c3ccc(Cl)cc3nc(N3CCOCC3)n12. The van der Waals surface area contributed by atoms with Gasteiger partial charge in [-0.15, -0.1) is 10.2 Å². The minimum absolute atomic E-state index is 0.261. The average molecular weight is 332 g/mol. The standard InChI is InChI=1S/C16H18ClN5O/c1-10(2)14-19-20-15-12-4-3-11(17)9-13(12)18-16(22(14)15)21-5-7-23-8-6-21/h3-4,9-10H,5-8H2,1-2H3. The molecule has 0 saturated carbocycles. The van der Waals surface area contributed by atoms with Crippen LogP contribution in [0.3, 0.4) is 0 Å². The second-order valence-electron chi connectivity index (χ2n) is 6.04. The predicted octanol–water partition coefficient (Wildman–Crippen LogP) is 2.89. The van der Waals surface area contributed by atoms with E-state index in [1.165, 1.54) is 0 Å². The van der Waals surface area contributed by atoms with Crippen LogP contribution in [-0.4, -0.2) is 45.9 Å². The number of aromatic nitrogens is 4. The van der Waals surface area contributed by atoms with Crippen molar-refractivity contribution in [1.82, 2.24) is 19.6 Å². The van der Waals surface area contributed by atoms with Crippen molar-refractivity contribution in [2.45, 2.75) is 19.8 Å². The van der Waals surface area contributed by atoms with Crippen LogP contribution in [0.1, 0.15) is 25.6 Å². The van der Waals surface area contributed by atoms with Gasteiger partial charge in [-0.1, -0.05) is 25.4 Å². The van der Waals surface area contributed by atoms with Crippen molar-refractivity contribution in [1.29, 1.82) is 0 Å². The van der Waals surface area contributed by atoms with Gasteiger partial charge in [-0.05, 0) is 18.2 Å². The third-order valence-electron chi connectivity index (χ3n) is 4.12. The summed E-state index contributed by atoms with van der Waals surface area (Å²) in [7, 11) is 0. The van der Waals surface area contributed by atoms with E-state index < -0.39 is 0 Å². The zero-order valence-electron chi connectivity index (χ0n) is 13.2. The van der Waals surface area contributed by atoms with Crippen LogP contribution >= 0.6 is 11.6 Å². The fourth-order valence-corrected chi connectivity index (χ4v) is 3.13. The summed E-state index contributed by atoms with van der Waals surface area (Å²) in [5.41, 5.74) is 1.67. The van der Waals surface area contributed by atoms with E-state index in [0.717, 1.165) is 41.4 Å². The van der Waals surface area contributed by atoms with Gasteiger partial charge in [0.25, 0.3) is 0 Å². The summed E-state index contributed by atoms with van der Waals surface area (Å²) in [6.07, 6.45) is 0. The molecule has 0 unspecified atom stereocenters. The summed E-state index contributed by atoms with van der Waals surface area (Å²) >= 11 is 6.15. The number of morpholine rings is 1. The Hall–Kier alpha value is -1.92. The van der Waals surface area contributed by atoms with Crippen LogP contribution in [0.15, 0.2) is 18.2 Å². The smallest absolute Gasteiger partial charge is 0.213 e. The molecule has 1 saturated heterocycles. The number of anilines is 1. The van der Waals surface area contributed by atoms with Crippen molar-refractivity contribution in [3.8, 4) is 0 Å². The molecule has 3 heterocycles. The molecule has 1 fully saturated rings. The molecule has 0 aliphatic carbocycles. The van der Waals surface area contributed by atoms with E-state index in [2.05, 4.69) is 33.3 Å². The van der Waals surface area contributed by atoms with Gasteiger partial charge in [0.15, 0.2) is 5.65 Å². The summed E-state index contributed by atoms with van der Waals surface area (Å²) in [5, 5.41) is 10.5. The molecule has 23 heavy (non-hydrogen) atoms. The van der Waals surface area contributed by atoms with Crippen LogP contribution in [0.5, 0.6) is 0 Å². The summed E-state index contributed by atoms with van der Waals surface area (Å²) in [5.74, 6) is 2.05. The highest BCUT2D eigenvalue weighted by Crippen LogP contribution is 2.28. The predicted molar refractivity (Wildman–Crippen MR) is 90.4 cm³/mol. The molecule has 1 aromatic carbocycles. The Labute approximate surface area is 139 Å². The van der Waals surface area contributed by atoms with Gasteiger partial charge < -0.3 is 9.64 Å². The molecular formula is C16H18ClN5O. The Bertz CT molecular complexity index is 870. The first-order valence-electron chi connectivity index (χ1n) is 7.82. The number of fused-ring (bicyclic) bond motifs is 3. The topological polar surface area (TPSA) is 55.5 Å².